The number of aromatic nitrogens is 1. The van der Waals surface area contributed by atoms with Gasteiger partial charge in [-0.25, -0.2) is 10.9 Å². The first-order chi connectivity index (χ1) is 12.0. The van der Waals surface area contributed by atoms with Gasteiger partial charge in [0.15, 0.2) is 0 Å². The Morgan fingerprint density at radius 1 is 1.31 bits per heavy atom. The van der Waals surface area contributed by atoms with E-state index < -0.39 is 0 Å². The number of nitrogens with one attached hydrogen (secondary N) is 3. The van der Waals surface area contributed by atoms with Crippen LogP contribution < -0.4 is 10.9 Å². The molecule has 138 valence electrons. The van der Waals surface area contributed by atoms with Crippen LogP contribution in [0.2, 0.25) is 10.0 Å². The molecule has 0 bridgehead atoms. The molecule has 1 aliphatic rings. The van der Waals surface area contributed by atoms with Crippen molar-refractivity contribution in [1.82, 2.24) is 15.9 Å². The molecular formula is C17H18Cl3N5O. The molecule has 4 N–H and O–H groups in total. The predicted molar refractivity (Wildman–Crippen MR) is 106 cm³/mol. The smallest absolute Gasteiger partial charge is 0.233 e. The lowest BCUT2D eigenvalue weighted by molar-refractivity contribution is 0.228. The van der Waals surface area contributed by atoms with Gasteiger partial charge in [-0.15, -0.1) is 12.4 Å². The van der Waals surface area contributed by atoms with Crippen LogP contribution in [-0.4, -0.2) is 21.9 Å². The van der Waals surface area contributed by atoms with Crippen LogP contribution in [0.1, 0.15) is 34.7 Å². The summed E-state index contributed by atoms with van der Waals surface area (Å²) in [5.74, 6) is -0.233. The maximum Gasteiger partial charge on any atom is 0.233 e. The van der Waals surface area contributed by atoms with Crippen LogP contribution in [0.15, 0.2) is 35.6 Å². The van der Waals surface area contributed by atoms with Crippen LogP contribution in [0.4, 0.5) is 0 Å². The number of hydroxylamine groups is 1. The van der Waals surface area contributed by atoms with Crippen LogP contribution in [-0.2, 0) is 6.42 Å². The maximum absolute atomic E-state index is 8.76. The van der Waals surface area contributed by atoms with Crippen molar-refractivity contribution in [3.8, 4) is 0 Å². The molecule has 0 aliphatic heterocycles. The fourth-order valence-corrected chi connectivity index (χ4v) is 3.57. The van der Waals surface area contributed by atoms with Gasteiger partial charge in [0, 0.05) is 11.8 Å². The number of rotatable bonds is 2. The Kier molecular flexibility index (Phi) is 6.83. The number of guanidine groups is 1. The van der Waals surface area contributed by atoms with Crippen LogP contribution in [0.3, 0.4) is 0 Å². The van der Waals surface area contributed by atoms with E-state index in [1.807, 2.05) is 25.1 Å². The van der Waals surface area contributed by atoms with Crippen molar-refractivity contribution in [2.75, 3.05) is 0 Å². The average Bonchev–Trinajstić information content (AvgIpc) is 2.61. The molecule has 0 spiro atoms. The number of nitrogens with zero attached hydrogens (tertiary/aromatic N) is 2. The highest BCUT2D eigenvalue weighted by molar-refractivity contribution is 6.42. The highest BCUT2D eigenvalue weighted by Gasteiger charge is 2.29. The number of hydrogen-bond donors (Lipinski definition) is 4. The predicted octanol–water partition coefficient (Wildman–Crippen LogP) is 4.06. The first kappa shape index (κ1) is 20.5. The summed E-state index contributed by atoms with van der Waals surface area (Å²) in [5, 5.41) is 21.5. The minimum absolute atomic E-state index is 0. The van der Waals surface area contributed by atoms with Crippen molar-refractivity contribution < 1.29 is 5.21 Å². The molecule has 0 amide bonds. The largest absolute Gasteiger partial charge is 0.288 e. The Bertz CT molecular complexity index is 856. The number of fused-ring (bicyclic) bond motifs is 1. The molecule has 2 aromatic rings. The number of aryl methyl sites for hydroxylation is 1. The Morgan fingerprint density at radius 3 is 2.81 bits per heavy atom. The van der Waals surface area contributed by atoms with Crippen molar-refractivity contribution in [3.05, 3.63) is 62.9 Å². The molecular weight excluding hydrogens is 397 g/mol. The number of halogens is 3. The number of hydrazone groups is 1. The topological polar surface area (TPSA) is 93.4 Å². The monoisotopic (exact) mass is 413 g/mol. The normalized spacial score (nSPS) is 17.2. The molecule has 0 saturated heterocycles. The van der Waals surface area contributed by atoms with Crippen LogP contribution in [0.5, 0.6) is 0 Å². The van der Waals surface area contributed by atoms with Crippen LogP contribution in [0, 0.1) is 12.3 Å². The summed E-state index contributed by atoms with van der Waals surface area (Å²) in [4.78, 5) is 4.50. The number of pyridine rings is 1. The lowest BCUT2D eigenvalue weighted by Crippen LogP contribution is -2.32. The van der Waals surface area contributed by atoms with Crippen molar-refractivity contribution in [2.45, 2.75) is 25.7 Å². The molecule has 1 aromatic heterocycles. The number of benzene rings is 1. The summed E-state index contributed by atoms with van der Waals surface area (Å²) >= 11 is 12.6. The van der Waals surface area contributed by atoms with Crippen LogP contribution >= 0.6 is 35.6 Å². The van der Waals surface area contributed by atoms with Crippen molar-refractivity contribution in [2.24, 2.45) is 5.10 Å². The molecule has 1 aliphatic carbocycles. The van der Waals surface area contributed by atoms with E-state index in [-0.39, 0.29) is 24.3 Å². The zero-order valence-electron chi connectivity index (χ0n) is 13.9. The highest BCUT2D eigenvalue weighted by atomic mass is 35.5. The van der Waals surface area contributed by atoms with E-state index in [9.17, 15) is 0 Å². The van der Waals surface area contributed by atoms with E-state index in [4.69, 9.17) is 33.8 Å². The van der Waals surface area contributed by atoms with Gasteiger partial charge >= 0.3 is 0 Å². The summed E-state index contributed by atoms with van der Waals surface area (Å²) in [5.41, 5.74) is 8.87. The molecule has 26 heavy (non-hydrogen) atoms. The van der Waals surface area contributed by atoms with Crippen molar-refractivity contribution in [1.29, 1.82) is 5.41 Å². The van der Waals surface area contributed by atoms with Gasteiger partial charge in [-0.3, -0.25) is 15.6 Å². The van der Waals surface area contributed by atoms with Crippen molar-refractivity contribution >= 4 is 47.3 Å². The van der Waals surface area contributed by atoms with E-state index in [0.29, 0.717) is 16.5 Å². The minimum atomic E-state index is -0.307. The fourth-order valence-electron chi connectivity index (χ4n) is 3.11. The Hall–Kier alpha value is -1.86. The number of hydrogen-bond acceptors (Lipinski definition) is 4. The second-order valence-electron chi connectivity index (χ2n) is 5.85. The summed E-state index contributed by atoms with van der Waals surface area (Å²) in [6.07, 6.45) is 3.12. The summed E-state index contributed by atoms with van der Waals surface area (Å²) in [6, 6.07) is 7.53. The van der Waals surface area contributed by atoms with Crippen molar-refractivity contribution in [3.63, 3.8) is 0 Å². The van der Waals surface area contributed by atoms with E-state index >= 15 is 0 Å². The quantitative estimate of drug-likeness (QED) is 0.339. The van der Waals surface area contributed by atoms with Gasteiger partial charge in [0.2, 0.25) is 5.96 Å². The summed E-state index contributed by atoms with van der Waals surface area (Å²) in [6.45, 7) is 2.00. The summed E-state index contributed by atoms with van der Waals surface area (Å²) in [7, 11) is 0. The molecule has 9 heteroatoms. The zero-order chi connectivity index (χ0) is 18.0. The second-order valence-corrected chi connectivity index (χ2v) is 6.64. The fraction of sp³-hybridized carbons (Fsp3) is 0.235. The lowest BCUT2D eigenvalue weighted by atomic mass is 9.80. The molecule has 1 heterocycles. The summed E-state index contributed by atoms with van der Waals surface area (Å²) < 4.78 is 0. The Labute approximate surface area is 167 Å². The van der Waals surface area contributed by atoms with E-state index in [0.717, 1.165) is 34.5 Å². The molecule has 1 unspecified atom stereocenters. The van der Waals surface area contributed by atoms with Gasteiger partial charge in [-0.1, -0.05) is 35.3 Å². The lowest BCUT2D eigenvalue weighted by Gasteiger charge is -2.27. The van der Waals surface area contributed by atoms with E-state index in [1.165, 1.54) is 0 Å². The average molecular weight is 415 g/mol. The molecule has 6 nitrogen and oxygen atoms in total. The molecule has 0 radical (unpaired) electrons. The van der Waals surface area contributed by atoms with Crippen LogP contribution in [0.25, 0.3) is 0 Å². The van der Waals surface area contributed by atoms with Gasteiger partial charge in [-0.2, -0.15) is 5.10 Å². The molecule has 1 aromatic carbocycles. The Morgan fingerprint density at radius 2 is 2.08 bits per heavy atom. The van der Waals surface area contributed by atoms with Gasteiger partial charge in [0.05, 0.1) is 21.5 Å². The third kappa shape index (κ3) is 4.10. The van der Waals surface area contributed by atoms with Gasteiger partial charge < -0.3 is 0 Å². The van der Waals surface area contributed by atoms with E-state index in [2.05, 4.69) is 15.5 Å². The maximum atomic E-state index is 8.76. The first-order valence-electron chi connectivity index (χ1n) is 7.71. The van der Waals surface area contributed by atoms with Gasteiger partial charge in [-0.05, 0) is 48.9 Å². The SMILES string of the molecule is Cc1ccnc2c1/C(=N\NC(=N)NO)CC(c1cccc(Cl)c1Cl)C2.Cl. The highest BCUT2D eigenvalue weighted by Crippen LogP contribution is 2.38. The van der Waals surface area contributed by atoms with Gasteiger partial charge in [0.1, 0.15) is 0 Å². The molecule has 1 atom stereocenters. The Balaban J connectivity index is 0.00000243. The zero-order valence-corrected chi connectivity index (χ0v) is 16.2. The third-order valence-corrected chi connectivity index (χ3v) is 5.08. The molecule has 0 fully saturated rings. The molecule has 3 rings (SSSR count). The second kappa shape index (κ2) is 8.68. The van der Waals surface area contributed by atoms with Gasteiger partial charge in [0.25, 0.3) is 0 Å². The first-order valence-corrected chi connectivity index (χ1v) is 8.46. The third-order valence-electron chi connectivity index (χ3n) is 4.24. The molecule has 0 saturated carbocycles. The standard InChI is InChI=1S/C17H17Cl2N5O.ClH/c1-9-5-6-21-13-7-10(11-3-2-4-12(18)16(11)19)8-14(15(9)13)22-23-17(20)24-25;/h2-6,10,25H,7-8H2,1H3,(H3,20,23,24);1H/b22-14-;. The van der Waals surface area contributed by atoms with E-state index in [1.54, 1.807) is 17.7 Å². The minimum Gasteiger partial charge on any atom is -0.288 e.